The summed E-state index contributed by atoms with van der Waals surface area (Å²) in [6.45, 7) is 0.253. The topological polar surface area (TPSA) is 64.7 Å². The van der Waals surface area contributed by atoms with Crippen molar-refractivity contribution in [1.82, 2.24) is 0 Å². The van der Waals surface area contributed by atoms with Crippen molar-refractivity contribution in [2.24, 2.45) is 10.7 Å². The summed E-state index contributed by atoms with van der Waals surface area (Å²) in [5.74, 6) is -0.294. The van der Waals surface area contributed by atoms with E-state index in [9.17, 15) is 4.79 Å². The summed E-state index contributed by atoms with van der Waals surface area (Å²) in [4.78, 5) is 16.4. The Hall–Kier alpha value is -2.17. The van der Waals surface area contributed by atoms with Crippen LogP contribution in [-0.2, 0) is 16.1 Å². The van der Waals surface area contributed by atoms with Crippen molar-refractivity contribution in [3.05, 3.63) is 65.7 Å². The standard InChI is InChI=1S/C18H18N2O2.ClH/c19-16(18(21)22-12-13-6-2-1-3-7-13)10-14-11-20-17-9-5-4-8-15(14)17;/h1-9,11,14,16H,10,12,19H2;1H/t14?,16-;/m1./s1. The molecule has 2 aromatic carbocycles. The van der Waals surface area contributed by atoms with E-state index in [1.165, 1.54) is 0 Å². The Morgan fingerprint density at radius 1 is 1.13 bits per heavy atom. The number of nitrogens with zero attached hydrogens (tertiary/aromatic N) is 1. The summed E-state index contributed by atoms with van der Waals surface area (Å²) in [5.41, 5.74) is 9.01. The van der Waals surface area contributed by atoms with Gasteiger partial charge >= 0.3 is 5.97 Å². The maximum absolute atomic E-state index is 12.0. The van der Waals surface area contributed by atoms with E-state index < -0.39 is 6.04 Å². The van der Waals surface area contributed by atoms with E-state index in [0.29, 0.717) is 6.42 Å². The van der Waals surface area contributed by atoms with E-state index >= 15 is 0 Å². The number of fused-ring (bicyclic) bond motifs is 1. The molecule has 0 saturated heterocycles. The molecule has 4 nitrogen and oxygen atoms in total. The predicted octanol–water partition coefficient (Wildman–Crippen LogP) is 3.37. The maximum atomic E-state index is 12.0. The zero-order chi connectivity index (χ0) is 15.4. The third-order valence-corrected chi connectivity index (χ3v) is 3.76. The molecule has 2 N–H and O–H groups in total. The highest BCUT2D eigenvalue weighted by Crippen LogP contribution is 2.34. The zero-order valence-corrected chi connectivity index (χ0v) is 13.4. The summed E-state index contributed by atoms with van der Waals surface area (Å²) < 4.78 is 5.28. The van der Waals surface area contributed by atoms with Gasteiger partial charge in [0.25, 0.3) is 0 Å². The molecule has 1 unspecified atom stereocenters. The SMILES string of the molecule is Cl.N[C@H](CC1C=Nc2ccccc21)C(=O)OCc1ccccc1. The predicted molar refractivity (Wildman–Crippen MR) is 93.4 cm³/mol. The third kappa shape index (κ3) is 4.18. The van der Waals surface area contributed by atoms with Crippen LogP contribution in [0.5, 0.6) is 0 Å². The summed E-state index contributed by atoms with van der Waals surface area (Å²) >= 11 is 0. The number of halogens is 1. The van der Waals surface area contributed by atoms with E-state index in [-0.39, 0.29) is 30.9 Å². The molecule has 0 radical (unpaired) electrons. The lowest BCUT2D eigenvalue weighted by molar-refractivity contribution is -0.146. The lowest BCUT2D eigenvalue weighted by Crippen LogP contribution is -2.33. The minimum Gasteiger partial charge on any atom is -0.460 e. The minimum absolute atomic E-state index is 0. The Bertz CT molecular complexity index is 688. The van der Waals surface area contributed by atoms with Crippen molar-refractivity contribution in [2.45, 2.75) is 25.0 Å². The fraction of sp³-hybridized carbons (Fsp3) is 0.222. The van der Waals surface area contributed by atoms with Gasteiger partial charge in [0.2, 0.25) is 0 Å². The molecule has 1 heterocycles. The van der Waals surface area contributed by atoms with Crippen molar-refractivity contribution in [3.8, 4) is 0 Å². The van der Waals surface area contributed by atoms with Crippen LogP contribution in [0.25, 0.3) is 0 Å². The molecule has 0 aliphatic carbocycles. The van der Waals surface area contributed by atoms with Gasteiger partial charge in [-0.3, -0.25) is 9.79 Å². The molecular weight excluding hydrogens is 312 g/mol. The van der Waals surface area contributed by atoms with Crippen molar-refractivity contribution >= 4 is 30.3 Å². The molecular formula is C18H19ClN2O2. The molecule has 0 saturated carbocycles. The van der Waals surface area contributed by atoms with Crippen LogP contribution in [0.15, 0.2) is 59.6 Å². The molecule has 0 amide bonds. The van der Waals surface area contributed by atoms with E-state index in [0.717, 1.165) is 16.8 Å². The Balaban J connectivity index is 0.00000192. The van der Waals surface area contributed by atoms with Gasteiger partial charge in [-0.15, -0.1) is 12.4 Å². The molecule has 23 heavy (non-hydrogen) atoms. The van der Waals surface area contributed by atoms with Crippen molar-refractivity contribution < 1.29 is 9.53 Å². The fourth-order valence-corrected chi connectivity index (χ4v) is 2.56. The normalized spacial score (nSPS) is 16.3. The number of para-hydroxylation sites is 1. The smallest absolute Gasteiger partial charge is 0.323 e. The first-order valence-corrected chi connectivity index (χ1v) is 7.33. The first kappa shape index (κ1) is 17.2. The lowest BCUT2D eigenvalue weighted by atomic mass is 9.94. The van der Waals surface area contributed by atoms with Gasteiger partial charge in [0.1, 0.15) is 12.6 Å². The van der Waals surface area contributed by atoms with Gasteiger partial charge in [-0.1, -0.05) is 48.5 Å². The average molecular weight is 331 g/mol. The quantitative estimate of drug-likeness (QED) is 0.855. The van der Waals surface area contributed by atoms with Crippen LogP contribution in [0.3, 0.4) is 0 Å². The number of aliphatic imine (C=N–C) groups is 1. The maximum Gasteiger partial charge on any atom is 0.323 e. The van der Waals surface area contributed by atoms with E-state index in [1.807, 2.05) is 60.8 Å². The van der Waals surface area contributed by atoms with E-state index in [1.54, 1.807) is 0 Å². The van der Waals surface area contributed by atoms with Crippen LogP contribution in [0.2, 0.25) is 0 Å². The first-order valence-electron chi connectivity index (χ1n) is 7.33. The average Bonchev–Trinajstić information content (AvgIpc) is 2.97. The largest absolute Gasteiger partial charge is 0.460 e. The highest BCUT2D eigenvalue weighted by molar-refractivity contribution is 5.85. The Morgan fingerprint density at radius 3 is 2.61 bits per heavy atom. The fourth-order valence-electron chi connectivity index (χ4n) is 2.56. The number of carbonyl (C=O) groups excluding carboxylic acids is 1. The molecule has 3 rings (SSSR count). The molecule has 2 atom stereocenters. The minimum atomic E-state index is -0.647. The van der Waals surface area contributed by atoms with Crippen LogP contribution in [0.1, 0.15) is 23.5 Å². The number of nitrogens with two attached hydrogens (primary N) is 1. The number of hydrogen-bond donors (Lipinski definition) is 1. The molecule has 5 heteroatoms. The van der Waals surface area contributed by atoms with Crippen LogP contribution in [0, 0.1) is 0 Å². The third-order valence-electron chi connectivity index (χ3n) is 3.76. The molecule has 0 aromatic heterocycles. The first-order chi connectivity index (χ1) is 10.7. The summed E-state index contributed by atoms with van der Waals surface area (Å²) in [5, 5.41) is 0. The monoisotopic (exact) mass is 330 g/mol. The van der Waals surface area contributed by atoms with Crippen LogP contribution in [-0.4, -0.2) is 18.2 Å². The second-order valence-electron chi connectivity index (χ2n) is 5.38. The van der Waals surface area contributed by atoms with Crippen LogP contribution in [0.4, 0.5) is 5.69 Å². The number of esters is 1. The Labute approximate surface area is 141 Å². The Kier molecular flexibility index (Phi) is 5.90. The molecule has 0 spiro atoms. The number of rotatable bonds is 5. The van der Waals surface area contributed by atoms with Gasteiger partial charge in [0.05, 0.1) is 5.69 Å². The molecule has 0 bridgehead atoms. The van der Waals surface area contributed by atoms with Gasteiger partial charge in [-0.2, -0.15) is 0 Å². The molecule has 2 aromatic rings. The van der Waals surface area contributed by atoms with E-state index in [4.69, 9.17) is 10.5 Å². The molecule has 1 aliphatic rings. The number of benzene rings is 2. The second kappa shape index (κ2) is 7.90. The van der Waals surface area contributed by atoms with Gasteiger partial charge in [0, 0.05) is 12.1 Å². The highest BCUT2D eigenvalue weighted by Gasteiger charge is 2.25. The second-order valence-corrected chi connectivity index (χ2v) is 5.38. The van der Waals surface area contributed by atoms with Gasteiger partial charge in [0.15, 0.2) is 0 Å². The molecule has 120 valence electrons. The number of carbonyl (C=O) groups is 1. The van der Waals surface area contributed by atoms with Crippen molar-refractivity contribution in [3.63, 3.8) is 0 Å². The molecule has 1 aliphatic heterocycles. The summed E-state index contributed by atoms with van der Waals surface area (Å²) in [6.07, 6.45) is 2.36. The van der Waals surface area contributed by atoms with Gasteiger partial charge in [-0.05, 0) is 23.6 Å². The van der Waals surface area contributed by atoms with Crippen molar-refractivity contribution in [1.29, 1.82) is 0 Å². The van der Waals surface area contributed by atoms with Gasteiger partial charge in [-0.25, -0.2) is 0 Å². The highest BCUT2D eigenvalue weighted by atomic mass is 35.5. The lowest BCUT2D eigenvalue weighted by Gasteiger charge is -2.15. The Morgan fingerprint density at radius 2 is 1.83 bits per heavy atom. The van der Waals surface area contributed by atoms with Crippen molar-refractivity contribution in [2.75, 3.05) is 0 Å². The zero-order valence-electron chi connectivity index (χ0n) is 12.6. The number of ether oxygens (including phenoxy) is 1. The van der Waals surface area contributed by atoms with E-state index in [2.05, 4.69) is 4.99 Å². The summed E-state index contributed by atoms with van der Waals surface area (Å²) in [6, 6.07) is 16.8. The molecule has 0 fully saturated rings. The van der Waals surface area contributed by atoms with Gasteiger partial charge < -0.3 is 10.5 Å². The summed E-state index contributed by atoms with van der Waals surface area (Å²) in [7, 11) is 0. The van der Waals surface area contributed by atoms with Crippen LogP contribution < -0.4 is 5.73 Å². The number of hydrogen-bond acceptors (Lipinski definition) is 4. The van der Waals surface area contributed by atoms with Crippen LogP contribution >= 0.6 is 12.4 Å².